The number of hydrogen-bond acceptors (Lipinski definition) is 7. The third kappa shape index (κ3) is 3.37. The molecule has 4 aromatic heterocycles. The summed E-state index contributed by atoms with van der Waals surface area (Å²) in [5, 5.41) is 14.6. The molecule has 0 fully saturated rings. The van der Waals surface area contributed by atoms with Crippen molar-refractivity contribution in [2.75, 3.05) is 0 Å². The molecule has 0 amide bonds. The van der Waals surface area contributed by atoms with Crippen molar-refractivity contribution in [1.82, 2.24) is 15.0 Å². The molecule has 4 heterocycles. The number of nitrogens with zero attached hydrogens (tertiary/aromatic N) is 3. The SMILES string of the molecule is Cc1cc(C)c(C#N)c(SC(C)c2nc3scc(-c4cccs4)c3c(=O)[nH]2)n1. The molecule has 0 saturated heterocycles. The molecule has 0 aliphatic rings. The van der Waals surface area contributed by atoms with E-state index in [9.17, 15) is 10.1 Å². The van der Waals surface area contributed by atoms with Crippen molar-refractivity contribution in [3.63, 3.8) is 0 Å². The van der Waals surface area contributed by atoms with Gasteiger partial charge in [0.1, 0.15) is 21.7 Å². The van der Waals surface area contributed by atoms with Gasteiger partial charge in [0, 0.05) is 21.5 Å². The van der Waals surface area contributed by atoms with Gasteiger partial charge < -0.3 is 4.98 Å². The Morgan fingerprint density at radius 3 is 2.82 bits per heavy atom. The highest BCUT2D eigenvalue weighted by atomic mass is 32.2. The molecule has 28 heavy (non-hydrogen) atoms. The van der Waals surface area contributed by atoms with Gasteiger partial charge in [-0.1, -0.05) is 17.8 Å². The van der Waals surface area contributed by atoms with Crippen LogP contribution < -0.4 is 5.56 Å². The highest BCUT2D eigenvalue weighted by Gasteiger charge is 2.19. The van der Waals surface area contributed by atoms with E-state index < -0.39 is 0 Å². The van der Waals surface area contributed by atoms with Crippen LogP contribution in [-0.2, 0) is 0 Å². The van der Waals surface area contributed by atoms with Crippen molar-refractivity contribution in [2.45, 2.75) is 31.0 Å². The summed E-state index contributed by atoms with van der Waals surface area (Å²) in [6, 6.07) is 8.12. The summed E-state index contributed by atoms with van der Waals surface area (Å²) in [5.41, 5.74) is 3.13. The third-order valence-corrected chi connectivity index (χ3v) is 7.22. The Balaban J connectivity index is 1.73. The number of aromatic amines is 1. The van der Waals surface area contributed by atoms with Crippen LogP contribution in [0.4, 0.5) is 0 Å². The second-order valence-corrected chi connectivity index (χ2v) is 9.53. The molecule has 4 aromatic rings. The molecule has 140 valence electrons. The number of nitriles is 1. The predicted octanol–water partition coefficient (Wildman–Crippen LogP) is 5.45. The summed E-state index contributed by atoms with van der Waals surface area (Å²) < 4.78 is 0. The molecule has 0 aliphatic heterocycles. The minimum Gasteiger partial charge on any atom is -0.309 e. The summed E-state index contributed by atoms with van der Waals surface area (Å²) in [7, 11) is 0. The van der Waals surface area contributed by atoms with Crippen LogP contribution in [-0.4, -0.2) is 15.0 Å². The Labute approximate surface area is 174 Å². The highest BCUT2D eigenvalue weighted by molar-refractivity contribution is 7.99. The van der Waals surface area contributed by atoms with E-state index in [4.69, 9.17) is 4.98 Å². The maximum Gasteiger partial charge on any atom is 0.260 e. The van der Waals surface area contributed by atoms with Crippen LogP contribution in [0.2, 0.25) is 0 Å². The molecule has 0 saturated carbocycles. The Kier molecular flexibility index (Phi) is 5.06. The number of fused-ring (bicyclic) bond motifs is 1. The number of thiophene rings is 2. The average molecular weight is 425 g/mol. The Hall–Kier alpha value is -2.47. The van der Waals surface area contributed by atoms with Gasteiger partial charge in [-0.3, -0.25) is 4.79 Å². The molecule has 5 nitrogen and oxygen atoms in total. The van der Waals surface area contributed by atoms with Gasteiger partial charge in [0.05, 0.1) is 16.2 Å². The van der Waals surface area contributed by atoms with Gasteiger partial charge in [0.15, 0.2) is 0 Å². The van der Waals surface area contributed by atoms with Crippen molar-refractivity contribution in [3.05, 3.63) is 62.0 Å². The van der Waals surface area contributed by atoms with E-state index in [-0.39, 0.29) is 10.8 Å². The number of pyridine rings is 1. The maximum atomic E-state index is 12.8. The van der Waals surface area contributed by atoms with Crippen LogP contribution in [0, 0.1) is 25.2 Å². The zero-order chi connectivity index (χ0) is 19.8. The second kappa shape index (κ2) is 7.51. The Morgan fingerprint density at radius 1 is 1.29 bits per heavy atom. The minimum atomic E-state index is -0.148. The lowest BCUT2D eigenvalue weighted by Gasteiger charge is -2.12. The summed E-state index contributed by atoms with van der Waals surface area (Å²) >= 11 is 4.52. The van der Waals surface area contributed by atoms with Crippen LogP contribution in [0.5, 0.6) is 0 Å². The van der Waals surface area contributed by atoms with Gasteiger partial charge in [0.25, 0.3) is 5.56 Å². The van der Waals surface area contributed by atoms with Crippen LogP contribution >= 0.6 is 34.4 Å². The van der Waals surface area contributed by atoms with E-state index in [1.165, 1.54) is 23.1 Å². The first-order chi connectivity index (χ1) is 13.5. The Bertz CT molecular complexity index is 1270. The van der Waals surface area contributed by atoms with Crippen molar-refractivity contribution < 1.29 is 0 Å². The lowest BCUT2D eigenvalue weighted by Crippen LogP contribution is -2.12. The van der Waals surface area contributed by atoms with Crippen molar-refractivity contribution in [3.8, 4) is 16.5 Å². The monoisotopic (exact) mass is 424 g/mol. The van der Waals surface area contributed by atoms with E-state index in [0.717, 1.165) is 26.5 Å². The fourth-order valence-electron chi connectivity index (χ4n) is 3.02. The molecule has 0 aliphatic carbocycles. The third-order valence-electron chi connectivity index (χ3n) is 4.35. The zero-order valence-electron chi connectivity index (χ0n) is 15.4. The van der Waals surface area contributed by atoms with Crippen LogP contribution in [0.1, 0.15) is 34.8 Å². The van der Waals surface area contributed by atoms with Gasteiger partial charge in [-0.05, 0) is 43.8 Å². The molecule has 8 heteroatoms. The second-order valence-electron chi connectivity index (χ2n) is 6.39. The molecule has 0 aromatic carbocycles. The molecular weight excluding hydrogens is 408 g/mol. The average Bonchev–Trinajstić information content (AvgIpc) is 3.30. The van der Waals surface area contributed by atoms with E-state index in [2.05, 4.69) is 16.0 Å². The molecular formula is C20H16N4OS3. The number of nitrogens with one attached hydrogen (secondary N) is 1. The normalized spacial score (nSPS) is 12.2. The fourth-order valence-corrected chi connectivity index (χ4v) is 5.87. The lowest BCUT2D eigenvalue weighted by molar-refractivity contribution is 0.917. The molecule has 1 atom stereocenters. The molecule has 0 radical (unpaired) electrons. The number of aromatic nitrogens is 3. The summed E-state index contributed by atoms with van der Waals surface area (Å²) in [6.45, 7) is 5.78. The van der Waals surface area contributed by atoms with Crippen LogP contribution in [0.15, 0.2) is 38.8 Å². The lowest BCUT2D eigenvalue weighted by atomic mass is 10.1. The quantitative estimate of drug-likeness (QED) is 0.441. The van der Waals surface area contributed by atoms with Crippen molar-refractivity contribution in [1.29, 1.82) is 5.26 Å². The van der Waals surface area contributed by atoms with Crippen molar-refractivity contribution in [2.24, 2.45) is 0 Å². The first kappa shape index (κ1) is 18.9. The van der Waals surface area contributed by atoms with Crippen LogP contribution in [0.3, 0.4) is 0 Å². The topological polar surface area (TPSA) is 82.4 Å². The standard InChI is InChI=1S/C20H16N4OS3/c1-10-7-11(2)22-19(13(10)8-21)28-12(3)17-23-18(25)16-14(9-27-20(16)24-17)15-5-4-6-26-15/h4-7,9,12H,1-3H3,(H,23,24,25). The van der Waals surface area contributed by atoms with Gasteiger partial charge in [-0.15, -0.1) is 22.7 Å². The van der Waals surface area contributed by atoms with E-state index in [0.29, 0.717) is 21.8 Å². The Morgan fingerprint density at radius 2 is 2.11 bits per heavy atom. The van der Waals surface area contributed by atoms with E-state index in [1.54, 1.807) is 11.3 Å². The molecule has 0 bridgehead atoms. The minimum absolute atomic E-state index is 0.133. The zero-order valence-corrected chi connectivity index (χ0v) is 17.9. The van der Waals surface area contributed by atoms with Crippen LogP contribution in [0.25, 0.3) is 20.7 Å². The molecule has 1 N–H and O–H groups in total. The van der Waals surface area contributed by atoms with E-state index >= 15 is 0 Å². The van der Waals surface area contributed by atoms with E-state index in [1.807, 2.05) is 49.7 Å². The first-order valence-corrected chi connectivity index (χ1v) is 11.2. The number of rotatable bonds is 4. The number of H-pyrrole nitrogens is 1. The fraction of sp³-hybridized carbons (Fsp3) is 0.200. The number of hydrogen-bond donors (Lipinski definition) is 1. The number of thioether (sulfide) groups is 1. The summed E-state index contributed by atoms with van der Waals surface area (Å²) in [5.74, 6) is 0.590. The summed E-state index contributed by atoms with van der Waals surface area (Å²) in [6.07, 6.45) is 0. The largest absolute Gasteiger partial charge is 0.309 e. The van der Waals surface area contributed by atoms with Crippen molar-refractivity contribution >= 4 is 44.7 Å². The smallest absolute Gasteiger partial charge is 0.260 e. The molecule has 1 unspecified atom stereocenters. The molecule has 0 spiro atoms. The van der Waals surface area contributed by atoms with Gasteiger partial charge in [-0.25, -0.2) is 9.97 Å². The van der Waals surface area contributed by atoms with Gasteiger partial charge in [-0.2, -0.15) is 5.26 Å². The maximum absolute atomic E-state index is 12.8. The van der Waals surface area contributed by atoms with Gasteiger partial charge in [0.2, 0.25) is 0 Å². The first-order valence-electron chi connectivity index (χ1n) is 8.58. The molecule has 4 rings (SSSR count). The highest BCUT2D eigenvalue weighted by Crippen LogP contribution is 2.37. The number of aryl methyl sites for hydroxylation is 2. The van der Waals surface area contributed by atoms with Gasteiger partial charge >= 0.3 is 0 Å². The summed E-state index contributed by atoms with van der Waals surface area (Å²) in [4.78, 5) is 26.7. The predicted molar refractivity (Wildman–Crippen MR) is 116 cm³/mol.